The minimum absolute atomic E-state index is 0.221. The van der Waals surface area contributed by atoms with Crippen molar-refractivity contribution in [3.63, 3.8) is 0 Å². The van der Waals surface area contributed by atoms with Gasteiger partial charge in [0.15, 0.2) is 0 Å². The fourth-order valence-corrected chi connectivity index (χ4v) is 6.21. The molecule has 0 fully saturated rings. The van der Waals surface area contributed by atoms with Crippen molar-refractivity contribution in [1.29, 1.82) is 0 Å². The lowest BCUT2D eigenvalue weighted by molar-refractivity contribution is 0.504. The molecule has 0 amide bonds. The van der Waals surface area contributed by atoms with Crippen LogP contribution >= 0.6 is 7.92 Å². The highest BCUT2D eigenvalue weighted by atomic mass is 31.1. The Labute approximate surface area is 148 Å². The smallest absolute Gasteiger partial charge is 0.00748 e. The van der Waals surface area contributed by atoms with Crippen LogP contribution in [0.3, 0.4) is 0 Å². The molecule has 1 heteroatoms. The Morgan fingerprint density at radius 3 is 1.71 bits per heavy atom. The van der Waals surface area contributed by atoms with Crippen molar-refractivity contribution in [1.82, 2.24) is 0 Å². The molecule has 24 heavy (non-hydrogen) atoms. The summed E-state index contributed by atoms with van der Waals surface area (Å²) in [7, 11) is -0.298. The number of benzene rings is 2. The molecule has 1 unspecified atom stereocenters. The summed E-state index contributed by atoms with van der Waals surface area (Å²) in [5.74, 6) is 0. The molecule has 3 rings (SSSR count). The van der Waals surface area contributed by atoms with Crippen LogP contribution < -0.4 is 10.6 Å². The zero-order valence-electron chi connectivity index (χ0n) is 15.2. The second-order valence-electron chi connectivity index (χ2n) is 7.07. The van der Waals surface area contributed by atoms with Gasteiger partial charge in [0, 0.05) is 5.41 Å². The summed E-state index contributed by atoms with van der Waals surface area (Å²) in [5.41, 5.74) is 4.72. The monoisotopic (exact) mass is 334 g/mol. The lowest BCUT2D eigenvalue weighted by Crippen LogP contribution is -2.20. The van der Waals surface area contributed by atoms with Crippen LogP contribution in [0, 0.1) is 5.41 Å². The van der Waals surface area contributed by atoms with E-state index in [4.69, 9.17) is 0 Å². The number of hydrogen-bond donors (Lipinski definition) is 0. The predicted molar refractivity (Wildman–Crippen MR) is 109 cm³/mol. The van der Waals surface area contributed by atoms with Gasteiger partial charge in [0.2, 0.25) is 0 Å². The van der Waals surface area contributed by atoms with Gasteiger partial charge in [-0.25, -0.2) is 0 Å². The largest absolute Gasteiger partial charge is 0.0713 e. The Morgan fingerprint density at radius 2 is 1.29 bits per heavy atom. The highest BCUT2D eigenvalue weighted by Crippen LogP contribution is 2.46. The van der Waals surface area contributed by atoms with Gasteiger partial charge in [0.25, 0.3) is 0 Å². The van der Waals surface area contributed by atoms with E-state index < -0.39 is 0 Å². The molecule has 1 aliphatic carbocycles. The molecule has 1 atom stereocenters. The van der Waals surface area contributed by atoms with Crippen molar-refractivity contribution >= 4 is 18.5 Å². The van der Waals surface area contributed by atoms with Gasteiger partial charge in [-0.2, -0.15) is 0 Å². The molecule has 0 aromatic heterocycles. The maximum absolute atomic E-state index is 2.49. The highest BCUT2D eigenvalue weighted by molar-refractivity contribution is 7.73. The Hall–Kier alpha value is -1.65. The van der Waals surface area contributed by atoms with Crippen LogP contribution in [0.15, 0.2) is 83.5 Å². The van der Waals surface area contributed by atoms with Crippen LogP contribution in [0.2, 0.25) is 0 Å². The van der Waals surface area contributed by atoms with Crippen LogP contribution in [-0.4, -0.2) is 6.16 Å². The molecule has 124 valence electrons. The van der Waals surface area contributed by atoms with E-state index in [0.717, 1.165) is 0 Å². The van der Waals surface area contributed by atoms with Crippen molar-refractivity contribution in [3.05, 3.63) is 83.5 Å². The van der Waals surface area contributed by atoms with Gasteiger partial charge in [-0.1, -0.05) is 84.8 Å². The maximum atomic E-state index is 2.49. The molecule has 0 saturated heterocycles. The molecule has 0 bridgehead atoms. The molecule has 2 aromatic rings. The number of allylic oxidation sites excluding steroid dienone is 4. The fourth-order valence-electron chi connectivity index (χ4n) is 3.65. The molecule has 0 saturated carbocycles. The molecule has 0 heterocycles. The summed E-state index contributed by atoms with van der Waals surface area (Å²) < 4.78 is 0. The third-order valence-corrected chi connectivity index (χ3v) is 8.05. The van der Waals surface area contributed by atoms with Crippen molar-refractivity contribution in [2.45, 2.75) is 34.1 Å². The summed E-state index contributed by atoms with van der Waals surface area (Å²) >= 11 is 0. The maximum Gasteiger partial charge on any atom is 0.00748 e. The van der Waals surface area contributed by atoms with E-state index in [1.165, 1.54) is 34.3 Å². The Kier molecular flexibility index (Phi) is 5.07. The summed E-state index contributed by atoms with van der Waals surface area (Å²) in [6.45, 7) is 9.24. The molecule has 0 radical (unpaired) electrons. The van der Waals surface area contributed by atoms with Crippen molar-refractivity contribution < 1.29 is 0 Å². The van der Waals surface area contributed by atoms with Crippen LogP contribution in [0.25, 0.3) is 0 Å². The second kappa shape index (κ2) is 7.08. The Bertz CT molecular complexity index is 716. The summed E-state index contributed by atoms with van der Waals surface area (Å²) in [6.07, 6.45) is 4.93. The molecule has 0 spiro atoms. The molecular weight excluding hydrogens is 307 g/mol. The molecule has 0 N–H and O–H groups in total. The van der Waals surface area contributed by atoms with Gasteiger partial charge in [-0.05, 0) is 57.5 Å². The minimum Gasteiger partial charge on any atom is -0.0713 e. The van der Waals surface area contributed by atoms with Gasteiger partial charge in [0.05, 0.1) is 0 Å². The van der Waals surface area contributed by atoms with Crippen LogP contribution in [0.5, 0.6) is 0 Å². The van der Waals surface area contributed by atoms with E-state index in [1.54, 1.807) is 5.57 Å². The minimum atomic E-state index is -0.298. The molecule has 0 aliphatic heterocycles. The number of hydrogen-bond acceptors (Lipinski definition) is 0. The van der Waals surface area contributed by atoms with Crippen LogP contribution in [0.4, 0.5) is 0 Å². The number of rotatable bonds is 5. The van der Waals surface area contributed by atoms with E-state index >= 15 is 0 Å². The second-order valence-corrected chi connectivity index (χ2v) is 9.40. The SMILES string of the molecule is CC1=CC(C)(CCP(c2ccccc2)c2ccccc2)C(C)=C1C. The normalized spacial score (nSPS) is 20.6. The average Bonchev–Trinajstić information content (AvgIpc) is 2.80. The highest BCUT2D eigenvalue weighted by Gasteiger charge is 2.31. The first-order valence-corrected chi connectivity index (χ1v) is 10.3. The molecule has 0 nitrogen and oxygen atoms in total. The van der Waals surface area contributed by atoms with Crippen LogP contribution in [-0.2, 0) is 0 Å². The standard InChI is InChI=1S/C23H27P/c1-18-17-23(4,20(3)19(18)2)15-16-24(21-11-7-5-8-12-21)22-13-9-6-10-14-22/h5-14,17H,15-16H2,1-4H3. The molecule has 1 aliphatic rings. The Balaban J connectivity index is 1.87. The van der Waals surface area contributed by atoms with Gasteiger partial charge in [0.1, 0.15) is 0 Å². The van der Waals surface area contributed by atoms with E-state index in [2.05, 4.69) is 94.4 Å². The molecular formula is C23H27P. The summed E-state index contributed by atoms with van der Waals surface area (Å²) in [6, 6.07) is 22.1. The third-order valence-electron chi connectivity index (χ3n) is 5.54. The third kappa shape index (κ3) is 3.40. The first kappa shape index (κ1) is 17.2. The topological polar surface area (TPSA) is 0 Å². The van der Waals surface area contributed by atoms with Gasteiger partial charge < -0.3 is 0 Å². The molecule has 2 aromatic carbocycles. The summed E-state index contributed by atoms with van der Waals surface area (Å²) in [4.78, 5) is 0. The summed E-state index contributed by atoms with van der Waals surface area (Å²) in [5, 5.41) is 2.97. The average molecular weight is 334 g/mol. The zero-order chi connectivity index (χ0) is 17.2. The predicted octanol–water partition coefficient (Wildman–Crippen LogP) is 5.81. The van der Waals surface area contributed by atoms with Crippen LogP contribution in [0.1, 0.15) is 34.1 Å². The first-order chi connectivity index (χ1) is 11.5. The van der Waals surface area contributed by atoms with Gasteiger partial charge >= 0.3 is 0 Å². The van der Waals surface area contributed by atoms with Gasteiger partial charge in [-0.15, -0.1) is 0 Å². The van der Waals surface area contributed by atoms with E-state index in [-0.39, 0.29) is 13.3 Å². The van der Waals surface area contributed by atoms with Crippen molar-refractivity contribution in [2.24, 2.45) is 5.41 Å². The quantitative estimate of drug-likeness (QED) is 0.605. The van der Waals surface area contributed by atoms with E-state index in [1.807, 2.05) is 0 Å². The Morgan fingerprint density at radius 1 is 0.792 bits per heavy atom. The van der Waals surface area contributed by atoms with E-state index in [0.29, 0.717) is 0 Å². The van der Waals surface area contributed by atoms with Crippen molar-refractivity contribution in [3.8, 4) is 0 Å². The lowest BCUT2D eigenvalue weighted by atomic mass is 9.82. The van der Waals surface area contributed by atoms with E-state index in [9.17, 15) is 0 Å². The first-order valence-electron chi connectivity index (χ1n) is 8.77. The van der Waals surface area contributed by atoms with Gasteiger partial charge in [-0.3, -0.25) is 0 Å². The van der Waals surface area contributed by atoms with Crippen molar-refractivity contribution in [2.75, 3.05) is 6.16 Å². The lowest BCUT2D eigenvalue weighted by Gasteiger charge is -2.28. The zero-order valence-corrected chi connectivity index (χ0v) is 16.1. The fraction of sp³-hybridized carbons (Fsp3) is 0.304.